The second-order valence-electron chi connectivity index (χ2n) is 0.933. The molecule has 0 aromatic heterocycles. The molecular weight excluding hydrogens is 110 g/mol. The number of rotatable bonds is 2. The van der Waals surface area contributed by atoms with Crippen molar-refractivity contribution in [3.8, 4) is 0 Å². The minimum Gasteiger partial charge on any atom is -0.448 e. The minimum absolute atomic E-state index is 0.151. The van der Waals surface area contributed by atoms with Gasteiger partial charge in [-0.2, -0.15) is 0 Å². The van der Waals surface area contributed by atoms with Crippen LogP contribution in [0.25, 0.3) is 0 Å². The molecule has 45 valence electrons. The van der Waals surface area contributed by atoms with E-state index in [1.54, 1.807) is 6.92 Å². The molecule has 0 aliphatic heterocycles. The highest BCUT2D eigenvalue weighted by atomic mass is 16.5. The fourth-order valence-electron chi connectivity index (χ4n) is 0.204. The Bertz CT molecular complexity index is 91.3. The van der Waals surface area contributed by atoms with Crippen molar-refractivity contribution in [1.29, 1.82) is 0 Å². The van der Waals surface area contributed by atoms with Crippen molar-refractivity contribution in [1.82, 2.24) is 5.32 Å². The quantitative estimate of drug-likeness (QED) is 0.473. The fraction of sp³-hybridized carbons (Fsp3) is 0.500. The van der Waals surface area contributed by atoms with Crippen LogP contribution in [0.1, 0.15) is 6.92 Å². The van der Waals surface area contributed by atoms with Crippen LogP contribution in [0.3, 0.4) is 0 Å². The molecule has 0 bridgehead atoms. The summed E-state index contributed by atoms with van der Waals surface area (Å²) >= 11 is 0. The molecule has 0 fully saturated rings. The van der Waals surface area contributed by atoms with Crippen LogP contribution < -0.4 is 5.32 Å². The Hall–Kier alpha value is -1.06. The Kier molecular flexibility index (Phi) is 3.56. The Morgan fingerprint density at radius 3 is 2.88 bits per heavy atom. The van der Waals surface area contributed by atoms with E-state index < -0.39 is 6.09 Å². The summed E-state index contributed by atoms with van der Waals surface area (Å²) in [6.07, 6.45) is -0.680. The molecule has 2 amide bonds. The molecule has 0 N–H and O–H groups in total. The second-order valence-corrected chi connectivity index (χ2v) is 0.933. The maximum atomic E-state index is 10.0. The number of nitrogens with zero attached hydrogens (tertiary/aromatic N) is 1. The third kappa shape index (κ3) is 3.14. The van der Waals surface area contributed by atoms with Gasteiger partial charge in [0.2, 0.25) is 6.41 Å². The molecule has 0 rings (SSSR count). The Morgan fingerprint density at radius 1 is 1.88 bits per heavy atom. The zero-order valence-electron chi connectivity index (χ0n) is 4.46. The molecule has 8 heavy (non-hydrogen) atoms. The van der Waals surface area contributed by atoms with Gasteiger partial charge >= 0.3 is 6.09 Å². The Balaban J connectivity index is 3.18. The van der Waals surface area contributed by atoms with E-state index in [9.17, 15) is 9.59 Å². The van der Waals surface area contributed by atoms with Crippen LogP contribution in [-0.2, 0) is 9.53 Å². The lowest BCUT2D eigenvalue weighted by Gasteiger charge is -1.92. The van der Waals surface area contributed by atoms with E-state index in [0.29, 0.717) is 0 Å². The van der Waals surface area contributed by atoms with Crippen LogP contribution in [0.2, 0.25) is 0 Å². The molecule has 0 spiro atoms. The molecule has 0 atom stereocenters. The van der Waals surface area contributed by atoms with Gasteiger partial charge in [0, 0.05) is 0 Å². The summed E-state index contributed by atoms with van der Waals surface area (Å²) in [6, 6.07) is 0. The predicted octanol–water partition coefficient (Wildman–Crippen LogP) is -0.0963. The van der Waals surface area contributed by atoms with Crippen molar-refractivity contribution in [2.45, 2.75) is 6.92 Å². The molecule has 0 aromatic rings. The van der Waals surface area contributed by atoms with Gasteiger partial charge in [-0.25, -0.2) is 4.79 Å². The number of hydrogen-bond acceptors (Lipinski definition) is 3. The van der Waals surface area contributed by atoms with Crippen molar-refractivity contribution < 1.29 is 14.3 Å². The number of carbonyl (C=O) groups is 2. The van der Waals surface area contributed by atoms with Gasteiger partial charge in [-0.1, -0.05) is 0 Å². The van der Waals surface area contributed by atoms with Crippen molar-refractivity contribution in [2.75, 3.05) is 6.61 Å². The maximum Gasteiger partial charge on any atom is 0.436 e. The number of ether oxygens (including phenoxy) is 1. The van der Waals surface area contributed by atoms with Crippen molar-refractivity contribution >= 4 is 12.5 Å². The first-order valence-corrected chi connectivity index (χ1v) is 2.12. The van der Waals surface area contributed by atoms with Crippen LogP contribution in [0.4, 0.5) is 4.79 Å². The summed E-state index contributed by atoms with van der Waals surface area (Å²) in [6.45, 7) is 1.88. The second kappa shape index (κ2) is 4.11. The molecule has 4 nitrogen and oxygen atoms in total. The van der Waals surface area contributed by atoms with Gasteiger partial charge in [-0.05, 0) is 6.92 Å². The SMILES string of the molecule is CCOC(=O)[N]C=O. The third-order valence-electron chi connectivity index (χ3n) is 0.426. The highest BCUT2D eigenvalue weighted by Gasteiger charge is 1.96. The standard InChI is InChI=1S/C4H6NO3/c1-2-8-4(7)5-3-6/h3H,2H2,1H3. The molecule has 0 aliphatic rings. The maximum absolute atomic E-state index is 10.0. The van der Waals surface area contributed by atoms with Gasteiger partial charge in [0.25, 0.3) is 0 Å². The molecule has 0 heterocycles. The van der Waals surface area contributed by atoms with Gasteiger partial charge in [-0.3, -0.25) is 4.79 Å². The van der Waals surface area contributed by atoms with Crippen LogP contribution in [0, 0.1) is 0 Å². The van der Waals surface area contributed by atoms with E-state index in [2.05, 4.69) is 10.1 Å². The summed E-state index contributed by atoms with van der Waals surface area (Å²) in [4.78, 5) is 19.4. The normalized spacial score (nSPS) is 7.62. The zero-order valence-corrected chi connectivity index (χ0v) is 4.46. The topological polar surface area (TPSA) is 57.5 Å². The first-order valence-electron chi connectivity index (χ1n) is 2.12. The van der Waals surface area contributed by atoms with Crippen LogP contribution >= 0.6 is 0 Å². The van der Waals surface area contributed by atoms with Gasteiger partial charge < -0.3 is 4.74 Å². The van der Waals surface area contributed by atoms with Gasteiger partial charge in [0.1, 0.15) is 0 Å². The van der Waals surface area contributed by atoms with Crippen LogP contribution in [0.15, 0.2) is 0 Å². The van der Waals surface area contributed by atoms with E-state index >= 15 is 0 Å². The summed E-state index contributed by atoms with van der Waals surface area (Å²) in [5.41, 5.74) is 0. The van der Waals surface area contributed by atoms with Crippen molar-refractivity contribution in [3.63, 3.8) is 0 Å². The lowest BCUT2D eigenvalue weighted by Crippen LogP contribution is -2.14. The van der Waals surface area contributed by atoms with Crippen LogP contribution in [-0.4, -0.2) is 19.1 Å². The number of carbonyl (C=O) groups excluding carboxylic acids is 2. The first kappa shape index (κ1) is 6.94. The lowest BCUT2D eigenvalue weighted by molar-refractivity contribution is -0.109. The summed E-state index contributed by atoms with van der Waals surface area (Å²) in [5, 5.41) is 2.77. The molecule has 0 aliphatic carbocycles. The Morgan fingerprint density at radius 2 is 2.50 bits per heavy atom. The number of hydrogen-bond donors (Lipinski definition) is 0. The molecular formula is C4H6NO3. The molecule has 0 aromatic carbocycles. The Labute approximate surface area is 46.8 Å². The number of amides is 2. The first-order chi connectivity index (χ1) is 3.81. The predicted molar refractivity (Wildman–Crippen MR) is 25.2 cm³/mol. The number of imide groups is 1. The third-order valence-corrected chi connectivity index (χ3v) is 0.426. The van der Waals surface area contributed by atoms with E-state index in [1.165, 1.54) is 0 Å². The van der Waals surface area contributed by atoms with Gasteiger partial charge in [-0.15, -0.1) is 5.32 Å². The average Bonchev–Trinajstić information content (AvgIpc) is 1.68. The molecule has 4 heteroatoms. The zero-order chi connectivity index (χ0) is 6.41. The summed E-state index contributed by atoms with van der Waals surface area (Å²) in [5.74, 6) is 0. The summed E-state index contributed by atoms with van der Waals surface area (Å²) < 4.78 is 4.25. The average molecular weight is 116 g/mol. The molecule has 0 saturated heterocycles. The smallest absolute Gasteiger partial charge is 0.436 e. The van der Waals surface area contributed by atoms with Gasteiger partial charge in [0.05, 0.1) is 6.61 Å². The van der Waals surface area contributed by atoms with Gasteiger partial charge in [0.15, 0.2) is 0 Å². The lowest BCUT2D eigenvalue weighted by atomic mass is 10.9. The van der Waals surface area contributed by atoms with E-state index in [0.717, 1.165) is 0 Å². The summed E-state index contributed by atoms with van der Waals surface area (Å²) in [7, 11) is 0. The molecule has 0 saturated carbocycles. The van der Waals surface area contributed by atoms with E-state index in [-0.39, 0.29) is 13.0 Å². The molecule has 1 radical (unpaired) electrons. The van der Waals surface area contributed by atoms with E-state index in [4.69, 9.17) is 0 Å². The monoisotopic (exact) mass is 116 g/mol. The minimum atomic E-state index is -0.831. The highest BCUT2D eigenvalue weighted by molar-refractivity contribution is 5.79. The molecule has 0 unspecified atom stereocenters. The van der Waals surface area contributed by atoms with Crippen molar-refractivity contribution in [3.05, 3.63) is 0 Å². The van der Waals surface area contributed by atoms with Crippen molar-refractivity contribution in [2.24, 2.45) is 0 Å². The highest BCUT2D eigenvalue weighted by Crippen LogP contribution is 1.73. The fourth-order valence-corrected chi connectivity index (χ4v) is 0.204. The largest absolute Gasteiger partial charge is 0.448 e. The van der Waals surface area contributed by atoms with E-state index in [1.807, 2.05) is 0 Å². The van der Waals surface area contributed by atoms with Crippen LogP contribution in [0.5, 0.6) is 0 Å².